The summed E-state index contributed by atoms with van der Waals surface area (Å²) in [5, 5.41) is 0. The highest BCUT2D eigenvalue weighted by Gasteiger charge is 2.33. The second-order valence-electron chi connectivity index (χ2n) is 4.15. The van der Waals surface area contributed by atoms with Crippen molar-refractivity contribution in [2.45, 2.75) is 19.3 Å². The Bertz CT molecular complexity index is 452. The van der Waals surface area contributed by atoms with E-state index in [4.69, 9.17) is 4.74 Å². The van der Waals surface area contributed by atoms with Crippen LogP contribution in [0.25, 0.3) is 0 Å². The van der Waals surface area contributed by atoms with Crippen LogP contribution in [0.3, 0.4) is 0 Å². The zero-order chi connectivity index (χ0) is 12.4. The standard InChI is InChI=1S/C13H13FO3/c1-17-13-7-9(14)3-2-8(13)6-10-11(15)4-5-12(10)16/h2-3,7,10H,4-6H2,1H3. The van der Waals surface area contributed by atoms with Crippen molar-refractivity contribution in [1.82, 2.24) is 0 Å². The number of rotatable bonds is 3. The minimum Gasteiger partial charge on any atom is -0.496 e. The van der Waals surface area contributed by atoms with Crippen LogP contribution in [0.5, 0.6) is 5.75 Å². The Labute approximate surface area is 98.6 Å². The van der Waals surface area contributed by atoms with Crippen molar-refractivity contribution in [3.05, 3.63) is 29.6 Å². The van der Waals surface area contributed by atoms with Crippen molar-refractivity contribution in [2.24, 2.45) is 5.92 Å². The molecule has 0 bridgehead atoms. The summed E-state index contributed by atoms with van der Waals surface area (Å²) in [6.45, 7) is 0. The summed E-state index contributed by atoms with van der Waals surface area (Å²) in [6.07, 6.45) is 0.959. The zero-order valence-corrected chi connectivity index (χ0v) is 9.53. The maximum atomic E-state index is 13.0. The van der Waals surface area contributed by atoms with E-state index in [0.29, 0.717) is 30.6 Å². The third-order valence-electron chi connectivity index (χ3n) is 3.07. The van der Waals surface area contributed by atoms with Gasteiger partial charge < -0.3 is 4.74 Å². The summed E-state index contributed by atoms with van der Waals surface area (Å²) < 4.78 is 18.0. The lowest BCUT2D eigenvalue weighted by atomic mass is 9.96. The molecule has 3 nitrogen and oxygen atoms in total. The predicted molar refractivity (Wildman–Crippen MR) is 59.4 cm³/mol. The van der Waals surface area contributed by atoms with Crippen LogP contribution in [0.1, 0.15) is 18.4 Å². The van der Waals surface area contributed by atoms with Gasteiger partial charge in [-0.1, -0.05) is 6.07 Å². The molecule has 0 amide bonds. The average molecular weight is 236 g/mol. The molecular weight excluding hydrogens is 223 g/mol. The Morgan fingerprint density at radius 3 is 2.53 bits per heavy atom. The van der Waals surface area contributed by atoms with Gasteiger partial charge in [-0.2, -0.15) is 0 Å². The van der Waals surface area contributed by atoms with Crippen molar-refractivity contribution in [2.75, 3.05) is 7.11 Å². The molecule has 0 saturated heterocycles. The fourth-order valence-corrected chi connectivity index (χ4v) is 2.11. The predicted octanol–water partition coefficient (Wildman–Crippen LogP) is 1.93. The molecule has 0 aromatic heterocycles. The van der Waals surface area contributed by atoms with Gasteiger partial charge in [-0.25, -0.2) is 4.39 Å². The Hall–Kier alpha value is -1.71. The Morgan fingerprint density at radius 1 is 1.29 bits per heavy atom. The molecule has 0 radical (unpaired) electrons. The van der Waals surface area contributed by atoms with Gasteiger partial charge >= 0.3 is 0 Å². The normalized spacial score (nSPS) is 16.6. The van der Waals surface area contributed by atoms with E-state index in [2.05, 4.69) is 0 Å². The summed E-state index contributed by atoms with van der Waals surface area (Å²) >= 11 is 0. The lowest BCUT2D eigenvalue weighted by Gasteiger charge is -2.11. The first kappa shape index (κ1) is 11.8. The van der Waals surface area contributed by atoms with Gasteiger partial charge in [0.2, 0.25) is 0 Å². The van der Waals surface area contributed by atoms with Crippen LogP contribution in [0.15, 0.2) is 18.2 Å². The molecule has 0 N–H and O–H groups in total. The first-order valence-corrected chi connectivity index (χ1v) is 5.49. The number of hydrogen-bond acceptors (Lipinski definition) is 3. The van der Waals surface area contributed by atoms with Crippen molar-refractivity contribution in [3.63, 3.8) is 0 Å². The monoisotopic (exact) mass is 236 g/mol. The van der Waals surface area contributed by atoms with Crippen LogP contribution >= 0.6 is 0 Å². The molecule has 4 heteroatoms. The van der Waals surface area contributed by atoms with Crippen LogP contribution in [0.2, 0.25) is 0 Å². The van der Waals surface area contributed by atoms with Crippen LogP contribution < -0.4 is 4.74 Å². The summed E-state index contributed by atoms with van der Waals surface area (Å²) in [5.41, 5.74) is 0.697. The van der Waals surface area contributed by atoms with E-state index in [1.807, 2.05) is 0 Å². The number of hydrogen-bond donors (Lipinski definition) is 0. The quantitative estimate of drug-likeness (QED) is 0.753. The summed E-state index contributed by atoms with van der Waals surface area (Å²) in [6, 6.07) is 4.13. The summed E-state index contributed by atoms with van der Waals surface area (Å²) in [4.78, 5) is 23.0. The van der Waals surface area contributed by atoms with Crippen molar-refractivity contribution in [3.8, 4) is 5.75 Å². The highest BCUT2D eigenvalue weighted by Crippen LogP contribution is 2.27. The molecule has 1 fully saturated rings. The molecule has 0 aliphatic heterocycles. The van der Waals surface area contributed by atoms with Crippen LogP contribution in [0.4, 0.5) is 4.39 Å². The third kappa shape index (κ3) is 2.35. The molecule has 2 rings (SSSR count). The zero-order valence-electron chi connectivity index (χ0n) is 9.53. The fraction of sp³-hybridized carbons (Fsp3) is 0.385. The SMILES string of the molecule is COc1cc(F)ccc1CC1C(=O)CCC1=O. The second-order valence-corrected chi connectivity index (χ2v) is 4.15. The molecule has 1 aliphatic carbocycles. The Kier molecular flexibility index (Phi) is 3.22. The molecule has 1 saturated carbocycles. The molecule has 0 atom stereocenters. The van der Waals surface area contributed by atoms with Crippen molar-refractivity contribution >= 4 is 11.6 Å². The molecule has 90 valence electrons. The summed E-state index contributed by atoms with van der Waals surface area (Å²) in [5.74, 6) is -0.635. The second kappa shape index (κ2) is 4.65. The lowest BCUT2D eigenvalue weighted by Crippen LogP contribution is -2.17. The van der Waals surface area contributed by atoms with E-state index in [9.17, 15) is 14.0 Å². The minimum atomic E-state index is -0.575. The smallest absolute Gasteiger partial charge is 0.144 e. The van der Waals surface area contributed by atoms with E-state index in [1.54, 1.807) is 6.07 Å². The Balaban J connectivity index is 2.23. The Morgan fingerprint density at radius 2 is 1.94 bits per heavy atom. The first-order valence-electron chi connectivity index (χ1n) is 5.49. The largest absolute Gasteiger partial charge is 0.496 e. The van der Waals surface area contributed by atoms with Crippen molar-refractivity contribution in [1.29, 1.82) is 0 Å². The number of ether oxygens (including phenoxy) is 1. The summed E-state index contributed by atoms with van der Waals surface area (Å²) in [7, 11) is 1.44. The number of benzene rings is 1. The van der Waals surface area contributed by atoms with E-state index in [1.165, 1.54) is 19.2 Å². The molecule has 0 spiro atoms. The fourth-order valence-electron chi connectivity index (χ4n) is 2.11. The van der Waals surface area contributed by atoms with Gasteiger partial charge in [0, 0.05) is 18.9 Å². The van der Waals surface area contributed by atoms with E-state index in [0.717, 1.165) is 0 Å². The van der Waals surface area contributed by atoms with Crippen LogP contribution in [-0.4, -0.2) is 18.7 Å². The number of methoxy groups -OCH3 is 1. The van der Waals surface area contributed by atoms with Gasteiger partial charge in [-0.15, -0.1) is 0 Å². The van der Waals surface area contributed by atoms with Crippen molar-refractivity contribution < 1.29 is 18.7 Å². The molecule has 1 aliphatic rings. The highest BCUT2D eigenvalue weighted by molar-refractivity contribution is 6.08. The number of Topliss-reactive ketones (excluding diaryl/α,β-unsaturated/α-hetero) is 2. The third-order valence-corrected chi connectivity index (χ3v) is 3.07. The number of carbonyl (C=O) groups is 2. The molecular formula is C13H13FO3. The van der Waals surface area contributed by atoms with Gasteiger partial charge in [0.25, 0.3) is 0 Å². The van der Waals surface area contributed by atoms with Crippen LogP contribution in [0, 0.1) is 11.7 Å². The number of halogens is 1. The van der Waals surface area contributed by atoms with Gasteiger partial charge in [-0.3, -0.25) is 9.59 Å². The maximum absolute atomic E-state index is 13.0. The van der Waals surface area contributed by atoms with Gasteiger partial charge in [0.1, 0.15) is 23.1 Å². The topological polar surface area (TPSA) is 43.4 Å². The van der Waals surface area contributed by atoms with E-state index in [-0.39, 0.29) is 11.6 Å². The molecule has 0 unspecified atom stereocenters. The van der Waals surface area contributed by atoms with E-state index >= 15 is 0 Å². The first-order chi connectivity index (χ1) is 8.11. The highest BCUT2D eigenvalue weighted by atomic mass is 19.1. The molecule has 1 aromatic carbocycles. The van der Waals surface area contributed by atoms with Gasteiger partial charge in [-0.05, 0) is 18.1 Å². The molecule has 0 heterocycles. The minimum absolute atomic E-state index is 0.0265. The molecule has 1 aromatic rings. The van der Waals surface area contributed by atoms with Gasteiger partial charge in [0.15, 0.2) is 0 Å². The average Bonchev–Trinajstić information content (AvgIpc) is 2.62. The van der Waals surface area contributed by atoms with Crippen LogP contribution in [-0.2, 0) is 16.0 Å². The lowest BCUT2D eigenvalue weighted by molar-refractivity contribution is -0.127. The van der Waals surface area contributed by atoms with Gasteiger partial charge in [0.05, 0.1) is 13.0 Å². The number of carbonyl (C=O) groups excluding carboxylic acids is 2. The van der Waals surface area contributed by atoms with E-state index < -0.39 is 11.7 Å². The maximum Gasteiger partial charge on any atom is 0.144 e. The number of ketones is 2. The molecule has 17 heavy (non-hydrogen) atoms.